The number of benzene rings is 1. The number of rotatable bonds is 3. The minimum absolute atomic E-state index is 0.0346. The van der Waals surface area contributed by atoms with Crippen LogP contribution in [-0.2, 0) is 4.79 Å². The second kappa shape index (κ2) is 6.95. The molecule has 1 aliphatic rings. The Bertz CT molecular complexity index is 1040. The summed E-state index contributed by atoms with van der Waals surface area (Å²) in [6, 6.07) is 14.9. The first-order chi connectivity index (χ1) is 12.5. The lowest BCUT2D eigenvalue weighted by Gasteiger charge is -2.19. The number of primary amides is 1. The zero-order valence-electron chi connectivity index (χ0n) is 13.9. The first-order valence-electron chi connectivity index (χ1n) is 7.67. The van der Waals surface area contributed by atoms with Gasteiger partial charge in [-0.3, -0.25) is 9.59 Å². The summed E-state index contributed by atoms with van der Waals surface area (Å²) in [5.74, 6) is 0.145. The van der Waals surface area contributed by atoms with Crippen molar-refractivity contribution in [1.82, 2.24) is 0 Å². The molecule has 0 unspecified atom stereocenters. The van der Waals surface area contributed by atoms with Crippen molar-refractivity contribution in [2.75, 3.05) is 7.11 Å². The van der Waals surface area contributed by atoms with Crippen LogP contribution in [0.4, 0.5) is 0 Å². The minimum Gasteiger partial charge on any atom is -0.497 e. The van der Waals surface area contributed by atoms with E-state index in [0.29, 0.717) is 22.6 Å². The van der Waals surface area contributed by atoms with Crippen LogP contribution < -0.4 is 20.6 Å². The van der Waals surface area contributed by atoms with Crippen molar-refractivity contribution in [3.63, 3.8) is 0 Å². The maximum absolute atomic E-state index is 12.4. The molecule has 2 N–H and O–H groups in total. The highest BCUT2D eigenvalue weighted by Crippen LogP contribution is 2.36. The number of fused-ring (bicyclic) bond motifs is 1. The average molecular weight is 346 g/mol. The number of hydrogen-bond donors (Lipinski definition) is 1. The van der Waals surface area contributed by atoms with Crippen molar-refractivity contribution in [3.05, 3.63) is 81.5 Å². The monoisotopic (exact) mass is 346 g/mol. The third kappa shape index (κ3) is 3.06. The maximum Gasteiger partial charge on any atom is 0.259 e. The maximum atomic E-state index is 12.4. The van der Waals surface area contributed by atoms with E-state index in [2.05, 4.69) is 0 Å². The molecule has 0 atom stereocenters. The standard InChI is InChI=1S/C20H14N2O4/c1-25-13-8-6-12(7-9-13)18-10-15(16(11-21)20(22)24)14-4-2-3-5-17(23)19(14)26-18/h2-10H,1H3,(H2,22,24)/b16-15-. The molecule has 3 rings (SSSR count). The van der Waals surface area contributed by atoms with E-state index in [-0.39, 0.29) is 22.3 Å². The Hall–Kier alpha value is -3.85. The van der Waals surface area contributed by atoms with Crippen molar-refractivity contribution in [3.8, 4) is 17.6 Å². The summed E-state index contributed by atoms with van der Waals surface area (Å²) in [6.45, 7) is 0. The van der Waals surface area contributed by atoms with Crippen LogP contribution in [0.1, 0.15) is 11.1 Å². The Kier molecular flexibility index (Phi) is 4.54. The van der Waals surface area contributed by atoms with Crippen molar-refractivity contribution in [2.45, 2.75) is 0 Å². The van der Waals surface area contributed by atoms with E-state index in [1.165, 1.54) is 12.1 Å². The number of amides is 1. The van der Waals surface area contributed by atoms with Gasteiger partial charge in [-0.05, 0) is 36.4 Å². The predicted molar refractivity (Wildman–Crippen MR) is 96.0 cm³/mol. The Balaban J connectivity index is 2.28. The number of nitrogens with zero attached hydrogens (tertiary/aromatic N) is 1. The number of allylic oxidation sites excluding steroid dienone is 2. The lowest BCUT2D eigenvalue weighted by atomic mass is 9.96. The Morgan fingerprint density at radius 3 is 2.46 bits per heavy atom. The zero-order valence-corrected chi connectivity index (χ0v) is 13.9. The molecule has 0 fully saturated rings. The lowest BCUT2D eigenvalue weighted by molar-refractivity contribution is -0.114. The van der Waals surface area contributed by atoms with Crippen LogP contribution in [0, 0.1) is 11.3 Å². The summed E-state index contributed by atoms with van der Waals surface area (Å²) in [5.41, 5.74) is 5.97. The Morgan fingerprint density at radius 1 is 1.15 bits per heavy atom. The van der Waals surface area contributed by atoms with Gasteiger partial charge in [-0.1, -0.05) is 18.2 Å². The fourth-order valence-corrected chi connectivity index (χ4v) is 2.60. The van der Waals surface area contributed by atoms with Crippen LogP contribution >= 0.6 is 0 Å². The summed E-state index contributed by atoms with van der Waals surface area (Å²) in [7, 11) is 1.55. The molecule has 0 bridgehead atoms. The molecular formula is C20H14N2O4. The quantitative estimate of drug-likeness (QED) is 0.678. The second-order valence-corrected chi connectivity index (χ2v) is 5.43. The van der Waals surface area contributed by atoms with Crippen LogP contribution in [0.25, 0.3) is 11.3 Å². The van der Waals surface area contributed by atoms with E-state index < -0.39 is 5.91 Å². The molecule has 0 saturated carbocycles. The van der Waals surface area contributed by atoms with E-state index in [1.807, 2.05) is 6.07 Å². The number of carbonyl (C=O) groups is 1. The molecular weight excluding hydrogens is 332 g/mol. The summed E-state index contributed by atoms with van der Waals surface area (Å²) >= 11 is 0. The van der Waals surface area contributed by atoms with Gasteiger partial charge in [0.2, 0.25) is 5.43 Å². The number of ether oxygens (including phenoxy) is 2. The van der Waals surface area contributed by atoms with Crippen LogP contribution in [0.15, 0.2) is 65.0 Å². The average Bonchev–Trinajstić information content (AvgIpc) is 2.84. The number of carbonyl (C=O) groups excluding carboxylic acids is 1. The molecule has 0 spiro atoms. The molecule has 0 aliphatic carbocycles. The number of hydrogen-bond acceptors (Lipinski definition) is 5. The normalized spacial score (nSPS) is 14.2. The molecule has 0 saturated heterocycles. The van der Waals surface area contributed by atoms with Crippen LogP contribution in [0.2, 0.25) is 0 Å². The number of nitriles is 1. The van der Waals surface area contributed by atoms with E-state index in [0.717, 1.165) is 0 Å². The number of nitrogens with two attached hydrogens (primary N) is 1. The van der Waals surface area contributed by atoms with E-state index in [4.69, 9.17) is 15.2 Å². The van der Waals surface area contributed by atoms with Gasteiger partial charge >= 0.3 is 0 Å². The van der Waals surface area contributed by atoms with Gasteiger partial charge < -0.3 is 15.2 Å². The topological polar surface area (TPSA) is 102 Å². The molecule has 1 aliphatic heterocycles. The van der Waals surface area contributed by atoms with Gasteiger partial charge in [0.25, 0.3) is 5.91 Å². The Morgan fingerprint density at radius 2 is 1.85 bits per heavy atom. The van der Waals surface area contributed by atoms with E-state index in [9.17, 15) is 14.9 Å². The lowest BCUT2D eigenvalue weighted by Crippen LogP contribution is -2.17. The van der Waals surface area contributed by atoms with Gasteiger partial charge in [-0.2, -0.15) is 5.26 Å². The van der Waals surface area contributed by atoms with Gasteiger partial charge in [-0.15, -0.1) is 0 Å². The fourth-order valence-electron chi connectivity index (χ4n) is 2.60. The molecule has 2 aromatic carbocycles. The van der Waals surface area contributed by atoms with Crippen LogP contribution in [0.5, 0.6) is 11.5 Å². The summed E-state index contributed by atoms with van der Waals surface area (Å²) in [5, 5.41) is 9.36. The Labute approximate surface area is 149 Å². The second-order valence-electron chi connectivity index (χ2n) is 5.43. The fraction of sp³-hybridized carbons (Fsp3) is 0.0500. The van der Waals surface area contributed by atoms with Gasteiger partial charge in [-0.25, -0.2) is 0 Å². The van der Waals surface area contributed by atoms with E-state index in [1.54, 1.807) is 49.6 Å². The predicted octanol–water partition coefficient (Wildman–Crippen LogP) is 2.25. The smallest absolute Gasteiger partial charge is 0.259 e. The van der Waals surface area contributed by atoms with Gasteiger partial charge in [0, 0.05) is 16.7 Å². The highest BCUT2D eigenvalue weighted by molar-refractivity contribution is 6.08. The van der Waals surface area contributed by atoms with Gasteiger partial charge in [0.15, 0.2) is 5.75 Å². The first-order valence-corrected chi connectivity index (χ1v) is 7.67. The van der Waals surface area contributed by atoms with Gasteiger partial charge in [0.05, 0.1) is 7.11 Å². The summed E-state index contributed by atoms with van der Waals surface area (Å²) < 4.78 is 10.9. The molecule has 2 aromatic rings. The van der Waals surface area contributed by atoms with Crippen molar-refractivity contribution in [2.24, 2.45) is 5.73 Å². The molecule has 6 heteroatoms. The summed E-state index contributed by atoms with van der Waals surface area (Å²) in [4.78, 5) is 24.1. The molecule has 0 radical (unpaired) electrons. The molecule has 6 nitrogen and oxygen atoms in total. The molecule has 1 amide bonds. The SMILES string of the molecule is COc1ccc(C2=C/C(=C(\C#N)C(N)=O)c3ccccc(=O)c3O2)cc1. The highest BCUT2D eigenvalue weighted by Gasteiger charge is 2.24. The highest BCUT2D eigenvalue weighted by atomic mass is 16.5. The minimum atomic E-state index is -0.875. The molecule has 0 aromatic heterocycles. The third-order valence-electron chi connectivity index (χ3n) is 3.87. The van der Waals surface area contributed by atoms with Crippen LogP contribution in [0.3, 0.4) is 0 Å². The molecule has 128 valence electrons. The van der Waals surface area contributed by atoms with Crippen molar-refractivity contribution < 1.29 is 14.3 Å². The van der Waals surface area contributed by atoms with Gasteiger partial charge in [0.1, 0.15) is 23.2 Å². The third-order valence-corrected chi connectivity index (χ3v) is 3.87. The zero-order chi connectivity index (χ0) is 18.7. The molecule has 1 heterocycles. The van der Waals surface area contributed by atoms with Crippen molar-refractivity contribution in [1.29, 1.82) is 5.26 Å². The van der Waals surface area contributed by atoms with E-state index >= 15 is 0 Å². The molecule has 26 heavy (non-hydrogen) atoms. The van der Waals surface area contributed by atoms with Crippen LogP contribution in [-0.4, -0.2) is 13.0 Å². The first kappa shape index (κ1) is 17.0. The van der Waals surface area contributed by atoms with Crippen molar-refractivity contribution >= 4 is 17.2 Å². The summed E-state index contributed by atoms with van der Waals surface area (Å²) in [6.07, 6.45) is 1.53. The number of methoxy groups -OCH3 is 1. The largest absolute Gasteiger partial charge is 0.497 e.